The van der Waals surface area contributed by atoms with Crippen LogP contribution in [0.15, 0.2) is 88.3 Å². The molecule has 6 nitrogen and oxygen atoms in total. The van der Waals surface area contributed by atoms with Crippen molar-refractivity contribution in [3.8, 4) is 11.5 Å². The highest BCUT2D eigenvalue weighted by Gasteiger charge is 2.34. The van der Waals surface area contributed by atoms with Gasteiger partial charge >= 0.3 is 0 Å². The molecule has 0 saturated heterocycles. The Hall–Kier alpha value is -4.36. The summed E-state index contributed by atoms with van der Waals surface area (Å²) in [7, 11) is 3.29. The van der Waals surface area contributed by atoms with Crippen LogP contribution in [-0.2, 0) is 13.0 Å². The maximum atomic E-state index is 14.3. The third-order valence-electron chi connectivity index (χ3n) is 8.05. The Bertz CT molecular complexity index is 2010. The van der Waals surface area contributed by atoms with Crippen molar-refractivity contribution in [3.05, 3.63) is 120 Å². The Labute approximate surface area is 235 Å². The highest BCUT2D eigenvalue weighted by atomic mass is 32.1. The molecule has 2 aliphatic rings. The molecule has 0 N–H and O–H groups in total. The molecule has 3 aromatic carbocycles. The number of nitrogens with zero attached hydrogens (tertiary/aromatic N) is 3. The summed E-state index contributed by atoms with van der Waals surface area (Å²) in [6.45, 7) is 2.99. The fourth-order valence-electron chi connectivity index (χ4n) is 6.22. The van der Waals surface area contributed by atoms with E-state index >= 15 is 0 Å². The Morgan fingerprint density at radius 1 is 1.00 bits per heavy atom. The van der Waals surface area contributed by atoms with Crippen LogP contribution in [0.4, 0.5) is 0 Å². The molecule has 5 aromatic rings. The molecule has 200 valence electrons. The molecular formula is C33H29N3O3S. The van der Waals surface area contributed by atoms with Crippen molar-refractivity contribution < 1.29 is 9.47 Å². The summed E-state index contributed by atoms with van der Waals surface area (Å²) in [6, 6.07) is 22.3. The standard InChI is InChI=1S/C33H29N3O3S/c1-4-35-19-21(22-11-7-8-14-26(22)35)18-28-32(37)36-30(25-13-9-15-27(38-2)31(25)39-3)24-17-16-20-10-5-6-12-23(20)29(24)34-33(36)40-28/h5-15,18-19,30H,4,16-17H2,1-3H3/b28-18-. The first-order chi connectivity index (χ1) is 19.6. The van der Waals surface area contributed by atoms with Crippen LogP contribution in [0.1, 0.15) is 41.6 Å². The number of hydrogen-bond acceptors (Lipinski definition) is 5. The monoisotopic (exact) mass is 547 g/mol. The van der Waals surface area contributed by atoms with Crippen molar-refractivity contribution in [1.29, 1.82) is 0 Å². The average Bonchev–Trinajstić information content (AvgIpc) is 3.52. The van der Waals surface area contributed by atoms with Gasteiger partial charge < -0.3 is 14.0 Å². The van der Waals surface area contributed by atoms with Gasteiger partial charge in [0.25, 0.3) is 5.56 Å². The topological polar surface area (TPSA) is 57.8 Å². The van der Waals surface area contributed by atoms with Gasteiger partial charge in [0.15, 0.2) is 16.3 Å². The number of hydrogen-bond donors (Lipinski definition) is 0. The Kier molecular flexibility index (Phi) is 5.97. The second kappa shape index (κ2) is 9.68. The maximum absolute atomic E-state index is 14.3. The van der Waals surface area contributed by atoms with E-state index in [9.17, 15) is 4.79 Å². The molecule has 0 fully saturated rings. The summed E-state index contributed by atoms with van der Waals surface area (Å²) >= 11 is 1.45. The lowest BCUT2D eigenvalue weighted by Crippen LogP contribution is -2.39. The maximum Gasteiger partial charge on any atom is 0.271 e. The van der Waals surface area contributed by atoms with E-state index in [0.717, 1.165) is 58.2 Å². The highest BCUT2D eigenvalue weighted by molar-refractivity contribution is 7.07. The van der Waals surface area contributed by atoms with Gasteiger partial charge in [-0.2, -0.15) is 0 Å². The van der Waals surface area contributed by atoms with Crippen molar-refractivity contribution >= 4 is 34.0 Å². The molecule has 1 atom stereocenters. The Balaban J connectivity index is 1.52. The molecule has 0 bridgehead atoms. The van der Waals surface area contributed by atoms with E-state index in [-0.39, 0.29) is 11.6 Å². The van der Waals surface area contributed by atoms with Crippen LogP contribution < -0.4 is 24.4 Å². The first-order valence-electron chi connectivity index (χ1n) is 13.5. The fraction of sp³-hybridized carbons (Fsp3) is 0.212. The number of methoxy groups -OCH3 is 2. The van der Waals surface area contributed by atoms with E-state index < -0.39 is 0 Å². The summed E-state index contributed by atoms with van der Waals surface area (Å²) < 4.78 is 16.3. The van der Waals surface area contributed by atoms with Crippen molar-refractivity contribution in [3.63, 3.8) is 0 Å². The van der Waals surface area contributed by atoms with E-state index in [1.807, 2.05) is 34.9 Å². The van der Waals surface area contributed by atoms with Gasteiger partial charge in [-0.1, -0.05) is 65.9 Å². The van der Waals surface area contributed by atoms with E-state index in [4.69, 9.17) is 14.5 Å². The molecule has 3 heterocycles. The molecule has 0 spiro atoms. The Morgan fingerprint density at radius 2 is 1.82 bits per heavy atom. The third-order valence-corrected chi connectivity index (χ3v) is 9.03. The number of ether oxygens (including phenoxy) is 2. The van der Waals surface area contributed by atoms with Gasteiger partial charge in [0.1, 0.15) is 0 Å². The molecule has 2 aromatic heterocycles. The van der Waals surface area contributed by atoms with Crippen LogP contribution in [0.2, 0.25) is 0 Å². The molecule has 1 aliphatic heterocycles. The number of aryl methyl sites for hydroxylation is 2. The molecule has 0 amide bonds. The summed E-state index contributed by atoms with van der Waals surface area (Å²) in [5.74, 6) is 1.29. The second-order valence-corrected chi connectivity index (χ2v) is 11.1. The first-order valence-corrected chi connectivity index (χ1v) is 14.4. The lowest BCUT2D eigenvalue weighted by Gasteiger charge is -2.31. The van der Waals surface area contributed by atoms with Crippen LogP contribution in [0, 0.1) is 0 Å². The van der Waals surface area contributed by atoms with E-state index in [1.165, 1.54) is 16.9 Å². The zero-order valence-corrected chi connectivity index (χ0v) is 23.5. The first kappa shape index (κ1) is 24.7. The Morgan fingerprint density at radius 3 is 2.65 bits per heavy atom. The number of aromatic nitrogens is 2. The zero-order chi connectivity index (χ0) is 27.4. The van der Waals surface area contributed by atoms with Crippen LogP contribution in [-0.4, -0.2) is 23.4 Å². The molecule has 7 heteroatoms. The van der Waals surface area contributed by atoms with Gasteiger partial charge in [0.2, 0.25) is 0 Å². The minimum Gasteiger partial charge on any atom is -0.493 e. The number of para-hydroxylation sites is 2. The fourth-order valence-corrected chi connectivity index (χ4v) is 7.21. The number of rotatable bonds is 5. The summed E-state index contributed by atoms with van der Waals surface area (Å²) in [4.78, 5) is 20.1. The number of fused-ring (bicyclic) bond motifs is 4. The molecular weight excluding hydrogens is 518 g/mol. The van der Waals surface area contributed by atoms with Gasteiger partial charge in [-0.05, 0) is 49.1 Å². The van der Waals surface area contributed by atoms with E-state index in [0.29, 0.717) is 20.8 Å². The minimum absolute atomic E-state index is 0.0441. The molecule has 40 heavy (non-hydrogen) atoms. The molecule has 1 aliphatic carbocycles. The summed E-state index contributed by atoms with van der Waals surface area (Å²) in [6.07, 6.45) is 5.87. The third kappa shape index (κ3) is 3.68. The van der Waals surface area contributed by atoms with Crippen LogP contribution in [0.5, 0.6) is 11.5 Å². The van der Waals surface area contributed by atoms with Gasteiger partial charge in [-0.25, -0.2) is 4.99 Å². The molecule has 0 radical (unpaired) electrons. The predicted octanol–water partition coefficient (Wildman–Crippen LogP) is 5.31. The summed E-state index contributed by atoms with van der Waals surface area (Å²) in [5, 5.41) is 1.13. The number of allylic oxidation sites excluding steroid dienone is 1. The van der Waals surface area contributed by atoms with Crippen LogP contribution in [0.25, 0.3) is 22.7 Å². The van der Waals surface area contributed by atoms with Gasteiger partial charge in [-0.15, -0.1) is 0 Å². The van der Waals surface area contributed by atoms with E-state index in [2.05, 4.69) is 60.2 Å². The van der Waals surface area contributed by atoms with Crippen LogP contribution >= 0.6 is 11.3 Å². The molecule has 1 unspecified atom stereocenters. The minimum atomic E-state index is -0.344. The smallest absolute Gasteiger partial charge is 0.271 e. The van der Waals surface area contributed by atoms with Gasteiger partial charge in [-0.3, -0.25) is 9.36 Å². The zero-order valence-electron chi connectivity index (χ0n) is 22.7. The second-order valence-electron chi connectivity index (χ2n) is 10.1. The lowest BCUT2D eigenvalue weighted by atomic mass is 9.83. The van der Waals surface area contributed by atoms with Crippen molar-refractivity contribution in [2.75, 3.05) is 14.2 Å². The lowest BCUT2D eigenvalue weighted by molar-refractivity contribution is 0.348. The average molecular weight is 548 g/mol. The molecule has 0 saturated carbocycles. The quantitative estimate of drug-likeness (QED) is 0.300. The van der Waals surface area contributed by atoms with Crippen molar-refractivity contribution in [2.24, 2.45) is 4.99 Å². The summed E-state index contributed by atoms with van der Waals surface area (Å²) in [5.41, 5.74) is 7.57. The van der Waals surface area contributed by atoms with Crippen LogP contribution in [0.3, 0.4) is 0 Å². The number of thiazole rings is 1. The molecule has 7 rings (SSSR count). The normalized spacial score (nSPS) is 16.4. The van der Waals surface area contributed by atoms with Gasteiger partial charge in [0, 0.05) is 40.3 Å². The van der Waals surface area contributed by atoms with E-state index in [1.54, 1.807) is 14.2 Å². The van der Waals surface area contributed by atoms with Gasteiger partial charge in [0.05, 0.1) is 30.5 Å². The largest absolute Gasteiger partial charge is 0.493 e. The SMILES string of the molecule is CCn1cc(/C=c2\sc3n(c2=O)C(c2cccc(OC)c2OC)C2=C(N=3)c3ccccc3CC2)c2ccccc21. The van der Waals surface area contributed by atoms with Crippen molar-refractivity contribution in [1.82, 2.24) is 9.13 Å². The van der Waals surface area contributed by atoms with Crippen molar-refractivity contribution in [2.45, 2.75) is 32.4 Å². The highest BCUT2D eigenvalue weighted by Crippen LogP contribution is 2.45. The predicted molar refractivity (Wildman–Crippen MR) is 160 cm³/mol. The number of benzene rings is 3.